The molecule has 2 aliphatic rings. The molecule has 10 rings (SSSR count). The van der Waals surface area contributed by atoms with E-state index in [0.29, 0.717) is 33.8 Å². The second-order valence-corrected chi connectivity index (χ2v) is 22.1. The average molecular weight is 1250 g/mol. The molecule has 0 unspecified atom stereocenters. The fourth-order valence-electron chi connectivity index (χ4n) is 10.8. The van der Waals surface area contributed by atoms with Gasteiger partial charge in [0.15, 0.2) is 35.6 Å². The molecule has 8 aromatic carbocycles. The van der Waals surface area contributed by atoms with Crippen molar-refractivity contribution in [2.75, 3.05) is 48.8 Å². The van der Waals surface area contributed by atoms with Crippen molar-refractivity contribution >= 4 is 11.6 Å². The predicted molar refractivity (Wildman–Crippen MR) is 338 cm³/mol. The van der Waals surface area contributed by atoms with Gasteiger partial charge in [0, 0.05) is 5.02 Å². The molecule has 2 saturated heterocycles. The predicted octanol–water partition coefficient (Wildman–Crippen LogP) is 13.1. The fraction of sp³-hybridized carbons (Fsp3) is 0.342. The molecular weight excluding hydrogens is 1170 g/mol. The highest BCUT2D eigenvalue weighted by molar-refractivity contribution is 6.30. The SMILES string of the molecule is COc1ccc(CO[C@H]2[C@@H](O[C@H]3O[C@H](COCc4ccc(OC)c(OC)c4)[C@@H](OCc4ccccc4)[C@H](OCc4ccc(Cl)cc4)[C@H]3OCc3ccccc3)O[C@H](COCc3ccc(OC)c(OC)c3)[C@@H](OCc3ccccc3)[C@@H]2OCc2ccccc2)cc1. The van der Waals surface area contributed by atoms with E-state index < -0.39 is 61.4 Å². The molecule has 2 aliphatic heterocycles. The number of benzene rings is 8. The zero-order valence-corrected chi connectivity index (χ0v) is 52.1. The topological polar surface area (TPSA) is 148 Å². The Balaban J connectivity index is 1.07. The molecule has 2 fully saturated rings. The lowest BCUT2D eigenvalue weighted by Crippen LogP contribution is -2.66. The second-order valence-electron chi connectivity index (χ2n) is 21.7. The zero-order valence-electron chi connectivity index (χ0n) is 51.4. The van der Waals surface area contributed by atoms with Gasteiger partial charge in [-0.05, 0) is 93.0 Å². The van der Waals surface area contributed by atoms with E-state index in [4.69, 9.17) is 87.4 Å². The summed E-state index contributed by atoms with van der Waals surface area (Å²) in [5.74, 6) is 3.03. The first-order chi connectivity index (χ1) is 44.3. The highest BCUT2D eigenvalue weighted by Crippen LogP contribution is 2.38. The normalized spacial score (nSPS) is 21.5. The number of hydrogen-bond donors (Lipinski definition) is 0. The molecule has 0 bridgehead atoms. The molecule has 0 aromatic heterocycles. The maximum Gasteiger partial charge on any atom is 0.190 e. The molecule has 10 atom stereocenters. The highest BCUT2D eigenvalue weighted by Gasteiger charge is 2.54. The van der Waals surface area contributed by atoms with Crippen LogP contribution in [0.25, 0.3) is 0 Å². The molecule has 0 amide bonds. The summed E-state index contributed by atoms with van der Waals surface area (Å²) >= 11 is 6.44. The van der Waals surface area contributed by atoms with Gasteiger partial charge >= 0.3 is 0 Å². The first-order valence-electron chi connectivity index (χ1n) is 30.0. The summed E-state index contributed by atoms with van der Waals surface area (Å²) in [5, 5.41) is 0.595. The number of halogens is 1. The summed E-state index contributed by atoms with van der Waals surface area (Å²) in [7, 11) is 8.04. The third-order valence-electron chi connectivity index (χ3n) is 15.5. The Labute approximate surface area is 532 Å². The molecule has 0 N–H and O–H groups in total. The Hall–Kier alpha value is -7.39. The summed E-state index contributed by atoms with van der Waals surface area (Å²) in [6, 6.07) is 66.3. The Kier molecular flexibility index (Phi) is 24.9. The van der Waals surface area contributed by atoms with Crippen molar-refractivity contribution in [1.82, 2.24) is 0 Å². The van der Waals surface area contributed by atoms with Gasteiger partial charge in [0.05, 0.1) is 102 Å². The maximum atomic E-state index is 7.50. The number of rotatable bonds is 33. The smallest absolute Gasteiger partial charge is 0.190 e. The van der Waals surface area contributed by atoms with E-state index in [9.17, 15) is 0 Å². The number of hydrogen-bond acceptors (Lipinski definition) is 16. The largest absolute Gasteiger partial charge is 0.497 e. The van der Waals surface area contributed by atoms with Gasteiger partial charge < -0.3 is 75.8 Å². The first-order valence-corrected chi connectivity index (χ1v) is 30.4. The Morgan fingerprint density at radius 3 is 0.956 bits per heavy atom. The van der Waals surface area contributed by atoms with E-state index >= 15 is 0 Å². The van der Waals surface area contributed by atoms with Gasteiger partial charge in [-0.25, -0.2) is 0 Å². The Morgan fingerprint density at radius 1 is 0.300 bits per heavy atom. The van der Waals surface area contributed by atoms with E-state index in [-0.39, 0.29) is 66.1 Å². The molecule has 2 heterocycles. The van der Waals surface area contributed by atoms with Crippen molar-refractivity contribution < 1.29 is 75.8 Å². The summed E-state index contributed by atoms with van der Waals surface area (Å²) in [4.78, 5) is 0. The van der Waals surface area contributed by atoms with E-state index in [2.05, 4.69) is 0 Å². The standard InChI is InChI=1S/C73H79ClO16/c1-75-59-34-28-55(29-35-59)47-87-71-68(84-44-52-22-14-8-15-23-52)66(82-42-50-18-10-6-11-19-50)64(48-80-40-56-30-36-60(76-2)62(38-56)78-4)89-73(71)90-72-70(86-45-53-24-16-9-17-25-53)69(85-46-54-26-32-58(74)33-27-54)67(83-43-51-20-12-7-13-21-51)65(88-72)49-81-41-57-31-37-61(77-3)63(39-57)79-5/h6-39,64-73H,40-49H2,1-5H3/t64-,65-,66-,67-,68+,69+,70-,71-,72-,73-/m1/s1. The van der Waals surface area contributed by atoms with Crippen LogP contribution in [0.2, 0.25) is 5.02 Å². The minimum atomic E-state index is -1.25. The van der Waals surface area contributed by atoms with Crippen LogP contribution in [0.1, 0.15) is 44.5 Å². The first kappa shape index (κ1) is 65.6. The lowest BCUT2D eigenvalue weighted by atomic mass is 9.96. The van der Waals surface area contributed by atoms with Crippen LogP contribution in [-0.4, -0.2) is 110 Å². The zero-order chi connectivity index (χ0) is 62.3. The van der Waals surface area contributed by atoms with E-state index in [0.717, 1.165) is 44.5 Å². The van der Waals surface area contributed by atoms with Gasteiger partial charge in [0.1, 0.15) is 54.6 Å². The van der Waals surface area contributed by atoms with Crippen LogP contribution in [0.15, 0.2) is 206 Å². The lowest BCUT2D eigenvalue weighted by Gasteiger charge is -2.49. The van der Waals surface area contributed by atoms with Crippen molar-refractivity contribution in [1.29, 1.82) is 0 Å². The van der Waals surface area contributed by atoms with Gasteiger partial charge in [-0.3, -0.25) is 0 Å². The van der Waals surface area contributed by atoms with Gasteiger partial charge in [-0.1, -0.05) is 169 Å². The molecule has 17 heteroatoms. The second kappa shape index (κ2) is 34.2. The third-order valence-corrected chi connectivity index (χ3v) is 15.8. The average Bonchev–Trinajstić information content (AvgIpc) is 0.823. The number of ether oxygens (including phenoxy) is 16. The van der Waals surface area contributed by atoms with Gasteiger partial charge in [-0.15, -0.1) is 0 Å². The molecule has 90 heavy (non-hydrogen) atoms. The Bertz CT molecular complexity index is 3350. The molecular formula is C73H79ClO16. The molecule has 0 saturated carbocycles. The van der Waals surface area contributed by atoms with Crippen LogP contribution in [0.4, 0.5) is 0 Å². The van der Waals surface area contributed by atoms with Crippen LogP contribution >= 0.6 is 11.6 Å². The molecule has 474 valence electrons. The molecule has 0 spiro atoms. The molecule has 16 nitrogen and oxygen atoms in total. The summed E-state index contributed by atoms with van der Waals surface area (Å²) in [6.07, 6.45) is -9.56. The van der Waals surface area contributed by atoms with Crippen molar-refractivity contribution in [3.05, 3.63) is 256 Å². The summed E-state index contributed by atoms with van der Waals surface area (Å²) < 4.78 is 106. The monoisotopic (exact) mass is 1250 g/mol. The third kappa shape index (κ3) is 18.4. The van der Waals surface area contributed by atoms with Crippen molar-refractivity contribution in [3.63, 3.8) is 0 Å². The van der Waals surface area contributed by atoms with Crippen LogP contribution in [0, 0.1) is 0 Å². The summed E-state index contributed by atoms with van der Waals surface area (Å²) in [6.45, 7) is 1.44. The quantitative estimate of drug-likeness (QED) is 0.0384. The highest BCUT2D eigenvalue weighted by atomic mass is 35.5. The number of methoxy groups -OCH3 is 5. The summed E-state index contributed by atoms with van der Waals surface area (Å²) in [5.41, 5.74) is 7.14. The molecule has 0 radical (unpaired) electrons. The van der Waals surface area contributed by atoms with Crippen LogP contribution in [-0.2, 0) is 105 Å². The van der Waals surface area contributed by atoms with Crippen LogP contribution in [0.5, 0.6) is 28.7 Å². The molecule has 0 aliphatic carbocycles. The van der Waals surface area contributed by atoms with Crippen LogP contribution in [0.3, 0.4) is 0 Å². The Morgan fingerprint density at radius 2 is 0.611 bits per heavy atom. The van der Waals surface area contributed by atoms with Crippen LogP contribution < -0.4 is 23.7 Å². The lowest BCUT2D eigenvalue weighted by molar-refractivity contribution is -0.394. The van der Waals surface area contributed by atoms with Crippen molar-refractivity contribution in [2.45, 2.75) is 114 Å². The minimum Gasteiger partial charge on any atom is -0.497 e. The minimum absolute atomic E-state index is 0.0214. The van der Waals surface area contributed by atoms with E-state index in [1.54, 1.807) is 35.5 Å². The van der Waals surface area contributed by atoms with Crippen molar-refractivity contribution in [3.8, 4) is 28.7 Å². The van der Waals surface area contributed by atoms with E-state index in [1.165, 1.54) is 0 Å². The van der Waals surface area contributed by atoms with Gasteiger partial charge in [0.2, 0.25) is 0 Å². The molecule has 8 aromatic rings. The van der Waals surface area contributed by atoms with Gasteiger partial charge in [-0.2, -0.15) is 0 Å². The van der Waals surface area contributed by atoms with Crippen molar-refractivity contribution in [2.24, 2.45) is 0 Å². The fourth-order valence-corrected chi connectivity index (χ4v) is 10.9. The van der Waals surface area contributed by atoms with Gasteiger partial charge in [0.25, 0.3) is 0 Å². The maximum absolute atomic E-state index is 7.50. The van der Waals surface area contributed by atoms with E-state index in [1.807, 2.05) is 206 Å².